The van der Waals surface area contributed by atoms with Gasteiger partial charge in [-0.1, -0.05) is 102 Å². The van der Waals surface area contributed by atoms with Crippen molar-refractivity contribution >= 4 is 61.4 Å². The van der Waals surface area contributed by atoms with Crippen LogP contribution in [0.25, 0.3) is 32.6 Å². The summed E-state index contributed by atoms with van der Waals surface area (Å²) in [5, 5.41) is 5.21. The number of hydrogen-bond acceptors (Lipinski definition) is 3. The van der Waals surface area contributed by atoms with E-state index in [1.807, 2.05) is 23.1 Å². The van der Waals surface area contributed by atoms with Gasteiger partial charge in [0.1, 0.15) is 11.2 Å². The number of allylic oxidation sites excluding steroid dienone is 6. The van der Waals surface area contributed by atoms with Crippen LogP contribution in [0.5, 0.6) is 0 Å². The highest BCUT2D eigenvalue weighted by Crippen LogP contribution is 2.47. The molecular formula is C37H33N2S2+. The molecule has 0 unspecified atom stereocenters. The Bertz CT molecular complexity index is 1900. The number of nitrogens with zero attached hydrogens (tertiary/aromatic N) is 2. The predicted molar refractivity (Wildman–Crippen MR) is 178 cm³/mol. The molecule has 2 aliphatic rings. The van der Waals surface area contributed by atoms with Gasteiger partial charge in [-0.2, -0.15) is 4.57 Å². The van der Waals surface area contributed by atoms with Crippen LogP contribution in [-0.4, -0.2) is 6.54 Å². The van der Waals surface area contributed by atoms with Gasteiger partial charge in [-0.15, -0.1) is 0 Å². The van der Waals surface area contributed by atoms with Crippen LogP contribution in [-0.2, 0) is 6.54 Å². The average molecular weight is 570 g/mol. The molecule has 0 fully saturated rings. The molecule has 0 spiro atoms. The molecule has 1 aromatic heterocycles. The molecule has 4 heteroatoms. The van der Waals surface area contributed by atoms with Crippen molar-refractivity contribution < 1.29 is 4.57 Å². The Kier molecular flexibility index (Phi) is 7.12. The van der Waals surface area contributed by atoms with Gasteiger partial charge < -0.3 is 4.90 Å². The van der Waals surface area contributed by atoms with Crippen LogP contribution in [0.1, 0.15) is 37.3 Å². The van der Waals surface area contributed by atoms with Gasteiger partial charge in [-0.25, -0.2) is 0 Å². The maximum absolute atomic E-state index is 2.43. The van der Waals surface area contributed by atoms with Crippen molar-refractivity contribution in [1.29, 1.82) is 0 Å². The lowest BCUT2D eigenvalue weighted by Crippen LogP contribution is -2.33. The van der Waals surface area contributed by atoms with E-state index in [1.165, 1.54) is 63.9 Å². The SMILES string of the molecule is CCN1C(=CC=C2CCC(C=Cc3sc4ccccc4[n+]3CC)=C2c2cccc3ccccc23)Sc2ccccc21. The quantitative estimate of drug-likeness (QED) is 0.188. The fraction of sp³-hybridized carbons (Fsp3) is 0.162. The normalized spacial score (nSPS) is 17.3. The fourth-order valence-electron chi connectivity index (χ4n) is 6.20. The number of thioether (sulfide) groups is 1. The number of para-hydroxylation sites is 2. The number of fused-ring (bicyclic) bond motifs is 3. The average Bonchev–Trinajstić information content (AvgIpc) is 3.70. The van der Waals surface area contributed by atoms with Gasteiger partial charge in [0.15, 0.2) is 0 Å². The molecule has 202 valence electrons. The van der Waals surface area contributed by atoms with Crippen LogP contribution in [0.15, 0.2) is 130 Å². The molecular weight excluding hydrogens is 537 g/mol. The van der Waals surface area contributed by atoms with Gasteiger partial charge >= 0.3 is 0 Å². The summed E-state index contributed by atoms with van der Waals surface area (Å²) in [6, 6.07) is 33.0. The van der Waals surface area contributed by atoms with Crippen LogP contribution < -0.4 is 9.47 Å². The number of aryl methyl sites for hydroxylation is 1. The Morgan fingerprint density at radius 1 is 0.805 bits per heavy atom. The van der Waals surface area contributed by atoms with E-state index in [4.69, 9.17) is 0 Å². The Hall–Kier alpha value is -3.86. The van der Waals surface area contributed by atoms with E-state index < -0.39 is 0 Å². The number of thiazole rings is 1. The molecule has 0 amide bonds. The van der Waals surface area contributed by atoms with E-state index in [0.29, 0.717) is 0 Å². The first-order chi connectivity index (χ1) is 20.2. The summed E-state index contributed by atoms with van der Waals surface area (Å²) < 4.78 is 3.77. The summed E-state index contributed by atoms with van der Waals surface area (Å²) in [6.07, 6.45) is 11.6. The second-order valence-electron chi connectivity index (χ2n) is 10.4. The summed E-state index contributed by atoms with van der Waals surface area (Å²) in [4.78, 5) is 3.77. The summed E-state index contributed by atoms with van der Waals surface area (Å²) in [7, 11) is 0. The van der Waals surface area contributed by atoms with E-state index in [1.54, 1.807) is 0 Å². The largest absolute Gasteiger partial charge is 0.335 e. The molecule has 1 aliphatic heterocycles. The third-order valence-electron chi connectivity index (χ3n) is 8.12. The first-order valence-corrected chi connectivity index (χ1v) is 16.1. The predicted octanol–water partition coefficient (Wildman–Crippen LogP) is 10.0. The van der Waals surface area contributed by atoms with Gasteiger partial charge in [-0.05, 0) is 84.0 Å². The number of anilines is 1. The zero-order chi connectivity index (χ0) is 27.8. The van der Waals surface area contributed by atoms with Gasteiger partial charge in [0.05, 0.1) is 10.7 Å². The third-order valence-corrected chi connectivity index (χ3v) is 10.4. The molecule has 0 radical (unpaired) electrons. The molecule has 0 bridgehead atoms. The van der Waals surface area contributed by atoms with E-state index >= 15 is 0 Å². The Morgan fingerprint density at radius 2 is 1.61 bits per heavy atom. The molecule has 41 heavy (non-hydrogen) atoms. The zero-order valence-corrected chi connectivity index (χ0v) is 25.1. The molecule has 0 N–H and O–H groups in total. The van der Waals surface area contributed by atoms with Crippen LogP contribution in [0.2, 0.25) is 0 Å². The molecule has 5 aromatic rings. The summed E-state index contributed by atoms with van der Waals surface area (Å²) in [6.45, 7) is 6.40. The lowest BCUT2D eigenvalue weighted by Gasteiger charge is -2.17. The van der Waals surface area contributed by atoms with Gasteiger partial charge in [0.2, 0.25) is 5.52 Å². The van der Waals surface area contributed by atoms with Crippen LogP contribution in [0.3, 0.4) is 0 Å². The lowest BCUT2D eigenvalue weighted by molar-refractivity contribution is -0.665. The van der Waals surface area contributed by atoms with Crippen LogP contribution in [0.4, 0.5) is 5.69 Å². The second kappa shape index (κ2) is 11.2. The first-order valence-electron chi connectivity index (χ1n) is 14.5. The van der Waals surface area contributed by atoms with Crippen molar-refractivity contribution in [1.82, 2.24) is 0 Å². The summed E-state index contributed by atoms with van der Waals surface area (Å²) >= 11 is 3.75. The molecule has 0 saturated heterocycles. The number of benzene rings is 4. The molecule has 0 saturated carbocycles. The highest BCUT2D eigenvalue weighted by molar-refractivity contribution is 8.03. The monoisotopic (exact) mass is 569 g/mol. The highest BCUT2D eigenvalue weighted by Gasteiger charge is 2.25. The van der Waals surface area contributed by atoms with Crippen molar-refractivity contribution in [2.24, 2.45) is 0 Å². The van der Waals surface area contributed by atoms with Gasteiger partial charge in [0.25, 0.3) is 5.01 Å². The minimum atomic E-state index is 0.964. The molecule has 2 nitrogen and oxygen atoms in total. The smallest absolute Gasteiger partial charge is 0.262 e. The molecule has 4 aromatic carbocycles. The lowest BCUT2D eigenvalue weighted by atomic mass is 9.93. The molecule has 0 atom stereocenters. The number of rotatable bonds is 6. The van der Waals surface area contributed by atoms with Crippen molar-refractivity contribution in [3.05, 3.63) is 136 Å². The Morgan fingerprint density at radius 3 is 2.51 bits per heavy atom. The van der Waals surface area contributed by atoms with Crippen molar-refractivity contribution in [2.75, 3.05) is 11.4 Å². The zero-order valence-electron chi connectivity index (χ0n) is 23.5. The van der Waals surface area contributed by atoms with Crippen LogP contribution >= 0.6 is 23.1 Å². The summed E-state index contributed by atoms with van der Waals surface area (Å²) in [5.74, 6) is 0. The Balaban J connectivity index is 1.34. The molecule has 1 aliphatic carbocycles. The third kappa shape index (κ3) is 4.75. The Labute approximate surface area is 250 Å². The highest BCUT2D eigenvalue weighted by atomic mass is 32.2. The van der Waals surface area contributed by atoms with Gasteiger partial charge in [0, 0.05) is 23.6 Å². The summed E-state index contributed by atoms with van der Waals surface area (Å²) in [5.41, 5.74) is 8.19. The van der Waals surface area contributed by atoms with E-state index in [2.05, 4.69) is 139 Å². The van der Waals surface area contributed by atoms with Crippen molar-refractivity contribution in [3.63, 3.8) is 0 Å². The van der Waals surface area contributed by atoms with Crippen LogP contribution in [0, 0.1) is 0 Å². The number of aromatic nitrogens is 1. The topological polar surface area (TPSA) is 7.12 Å². The van der Waals surface area contributed by atoms with E-state index in [0.717, 1.165) is 25.9 Å². The maximum Gasteiger partial charge on any atom is 0.262 e. The van der Waals surface area contributed by atoms with Crippen molar-refractivity contribution in [3.8, 4) is 0 Å². The second-order valence-corrected chi connectivity index (χ2v) is 12.5. The maximum atomic E-state index is 2.43. The van der Waals surface area contributed by atoms with E-state index in [9.17, 15) is 0 Å². The fourth-order valence-corrected chi connectivity index (χ4v) is 8.46. The minimum absolute atomic E-state index is 0.964. The molecule has 2 heterocycles. The van der Waals surface area contributed by atoms with Gasteiger partial charge in [-0.3, -0.25) is 0 Å². The standard InChI is InChI=1S/C37H33N2S2/c1-3-38-31-16-7-9-18-33(31)40-35(38)24-22-27-20-21-28(37(27)30-15-11-13-26-12-5-6-14-29(26)30)23-25-36-39(4-2)32-17-8-10-19-34(32)41-36/h5-19,22-25H,3-4,20-21H2,1-2H3/q+1. The minimum Gasteiger partial charge on any atom is -0.335 e. The molecule has 7 rings (SSSR count). The number of hydrogen-bond donors (Lipinski definition) is 0. The van der Waals surface area contributed by atoms with E-state index in [-0.39, 0.29) is 0 Å². The first kappa shape index (κ1) is 26.1. The van der Waals surface area contributed by atoms with Crippen molar-refractivity contribution in [2.45, 2.75) is 38.1 Å².